The zero-order chi connectivity index (χ0) is 14.4. The minimum absolute atomic E-state index is 0.00824. The molecule has 0 saturated carbocycles. The van der Waals surface area contributed by atoms with Crippen molar-refractivity contribution in [2.75, 3.05) is 0 Å². The summed E-state index contributed by atoms with van der Waals surface area (Å²) >= 11 is 3.41. The van der Waals surface area contributed by atoms with Crippen molar-refractivity contribution >= 4 is 21.9 Å². The third kappa shape index (κ3) is 4.84. The van der Waals surface area contributed by atoms with Gasteiger partial charge in [-0.2, -0.15) is 0 Å². The number of nitrogens with two attached hydrogens (primary N) is 1. The van der Waals surface area contributed by atoms with Crippen molar-refractivity contribution in [3.8, 4) is 5.75 Å². The molecule has 0 radical (unpaired) electrons. The molecule has 4 nitrogen and oxygen atoms in total. The third-order valence-electron chi connectivity index (χ3n) is 2.68. The van der Waals surface area contributed by atoms with Gasteiger partial charge in [-0.15, -0.1) is 0 Å². The topological polar surface area (TPSA) is 72.5 Å². The van der Waals surface area contributed by atoms with Gasteiger partial charge in [0.25, 0.3) is 0 Å². The molecular weight excluding hydrogens is 310 g/mol. The normalized spacial score (nSPS) is 13.9. The van der Waals surface area contributed by atoms with Gasteiger partial charge < -0.3 is 15.6 Å². The number of ether oxygens (including phenoxy) is 1. The summed E-state index contributed by atoms with van der Waals surface area (Å²) < 4.78 is 6.43. The van der Waals surface area contributed by atoms with Crippen LogP contribution in [0.25, 0.3) is 0 Å². The van der Waals surface area contributed by atoms with Gasteiger partial charge in [0.05, 0.1) is 4.47 Å². The zero-order valence-corrected chi connectivity index (χ0v) is 12.8. The number of para-hydroxylation sites is 1. The molecule has 19 heavy (non-hydrogen) atoms. The molecule has 1 aromatic carbocycles. The van der Waals surface area contributed by atoms with Crippen LogP contribution < -0.4 is 10.5 Å². The van der Waals surface area contributed by atoms with Crippen LogP contribution in [0, 0.1) is 0 Å². The van der Waals surface area contributed by atoms with Gasteiger partial charge >= 0.3 is 5.97 Å². The third-order valence-corrected chi connectivity index (χ3v) is 3.30. The van der Waals surface area contributed by atoms with Crippen LogP contribution in [0.5, 0.6) is 5.75 Å². The number of carbonyl (C=O) groups is 1. The van der Waals surface area contributed by atoms with Crippen LogP contribution in [0.1, 0.15) is 32.3 Å². The van der Waals surface area contributed by atoms with Crippen LogP contribution in [0.4, 0.5) is 0 Å². The van der Waals surface area contributed by atoms with E-state index in [1.165, 1.54) is 0 Å². The Hall–Kier alpha value is -1.07. The molecule has 2 atom stereocenters. The predicted octanol–water partition coefficient (Wildman–Crippen LogP) is 2.97. The molecule has 0 aliphatic heterocycles. The minimum Gasteiger partial charge on any atom is -0.479 e. The minimum atomic E-state index is -0.940. The smallest absolute Gasteiger partial charge is 0.344 e. The summed E-state index contributed by atoms with van der Waals surface area (Å²) in [6.07, 6.45) is 1.06. The van der Waals surface area contributed by atoms with E-state index < -0.39 is 12.1 Å². The number of rotatable bonds is 7. The van der Waals surface area contributed by atoms with Gasteiger partial charge in [-0.25, -0.2) is 4.79 Å². The van der Waals surface area contributed by atoms with E-state index in [0.29, 0.717) is 18.6 Å². The van der Waals surface area contributed by atoms with Crippen LogP contribution in [-0.4, -0.2) is 23.2 Å². The van der Waals surface area contributed by atoms with Crippen molar-refractivity contribution in [2.24, 2.45) is 5.73 Å². The molecule has 0 heterocycles. The van der Waals surface area contributed by atoms with Gasteiger partial charge in [-0.05, 0) is 47.3 Å². The SMILES string of the molecule is CCCC(Oc1c(Br)cccc1CC(C)N)C(=O)O. The van der Waals surface area contributed by atoms with Crippen LogP contribution >= 0.6 is 15.9 Å². The Bertz CT molecular complexity index is 435. The van der Waals surface area contributed by atoms with Gasteiger partial charge in [0.1, 0.15) is 5.75 Å². The Balaban J connectivity index is 3.00. The van der Waals surface area contributed by atoms with E-state index in [1.807, 2.05) is 32.0 Å². The summed E-state index contributed by atoms with van der Waals surface area (Å²) in [6, 6.07) is 5.63. The van der Waals surface area contributed by atoms with Crippen LogP contribution in [-0.2, 0) is 11.2 Å². The summed E-state index contributed by atoms with van der Waals surface area (Å²) in [5.74, 6) is -0.356. The first-order valence-electron chi connectivity index (χ1n) is 6.38. The van der Waals surface area contributed by atoms with Crippen molar-refractivity contribution < 1.29 is 14.6 Å². The van der Waals surface area contributed by atoms with Crippen LogP contribution in [0.3, 0.4) is 0 Å². The average Bonchev–Trinajstić information content (AvgIpc) is 2.31. The van der Waals surface area contributed by atoms with Gasteiger partial charge in [0.2, 0.25) is 0 Å². The molecule has 3 N–H and O–H groups in total. The molecule has 0 aromatic heterocycles. The monoisotopic (exact) mass is 329 g/mol. The molecule has 1 rings (SSSR count). The Morgan fingerprint density at radius 3 is 2.74 bits per heavy atom. The van der Waals surface area contributed by atoms with Crippen molar-refractivity contribution in [2.45, 2.75) is 45.3 Å². The highest BCUT2D eigenvalue weighted by Gasteiger charge is 2.21. The Morgan fingerprint density at radius 2 is 2.21 bits per heavy atom. The van der Waals surface area contributed by atoms with E-state index in [-0.39, 0.29) is 6.04 Å². The second kappa shape index (κ2) is 7.50. The number of hydrogen-bond donors (Lipinski definition) is 2. The molecule has 0 saturated heterocycles. The van der Waals surface area contributed by atoms with Crippen molar-refractivity contribution in [1.29, 1.82) is 0 Å². The zero-order valence-electron chi connectivity index (χ0n) is 11.2. The molecule has 106 valence electrons. The number of benzene rings is 1. The number of aliphatic carboxylic acids is 1. The summed E-state index contributed by atoms with van der Waals surface area (Å²) in [7, 11) is 0. The van der Waals surface area contributed by atoms with Crippen molar-refractivity contribution in [1.82, 2.24) is 0 Å². The van der Waals surface area contributed by atoms with Gasteiger partial charge in [0.15, 0.2) is 6.10 Å². The summed E-state index contributed by atoms with van der Waals surface area (Å²) in [5, 5.41) is 9.16. The molecule has 0 spiro atoms. The number of carboxylic acids is 1. The lowest BCUT2D eigenvalue weighted by Gasteiger charge is -2.19. The van der Waals surface area contributed by atoms with E-state index in [1.54, 1.807) is 0 Å². The van der Waals surface area contributed by atoms with Gasteiger partial charge in [-0.3, -0.25) is 0 Å². The highest BCUT2D eigenvalue weighted by molar-refractivity contribution is 9.10. The molecule has 5 heteroatoms. The fourth-order valence-corrected chi connectivity index (χ4v) is 2.33. The first kappa shape index (κ1) is 16.0. The lowest BCUT2D eigenvalue weighted by molar-refractivity contribution is -0.145. The van der Waals surface area contributed by atoms with Crippen molar-refractivity contribution in [3.05, 3.63) is 28.2 Å². The molecule has 0 fully saturated rings. The summed E-state index contributed by atoms with van der Waals surface area (Å²) in [4.78, 5) is 11.2. The quantitative estimate of drug-likeness (QED) is 0.806. The summed E-state index contributed by atoms with van der Waals surface area (Å²) in [6.45, 7) is 3.84. The van der Waals surface area contributed by atoms with Crippen molar-refractivity contribution in [3.63, 3.8) is 0 Å². The second-order valence-electron chi connectivity index (χ2n) is 4.64. The predicted molar refractivity (Wildman–Crippen MR) is 78.5 cm³/mol. The Morgan fingerprint density at radius 1 is 1.53 bits per heavy atom. The molecule has 0 aliphatic rings. The number of hydrogen-bond acceptors (Lipinski definition) is 3. The molecule has 2 unspecified atom stereocenters. The van der Waals surface area contributed by atoms with E-state index in [4.69, 9.17) is 15.6 Å². The maximum absolute atomic E-state index is 11.2. The molecular formula is C14H20BrNO3. The molecule has 0 bridgehead atoms. The van der Waals surface area contributed by atoms with Gasteiger partial charge in [-0.1, -0.05) is 25.5 Å². The van der Waals surface area contributed by atoms with Gasteiger partial charge in [0, 0.05) is 6.04 Å². The Kier molecular flexibility index (Phi) is 6.31. The second-order valence-corrected chi connectivity index (χ2v) is 5.50. The van der Waals surface area contributed by atoms with E-state index in [2.05, 4.69) is 15.9 Å². The van der Waals surface area contributed by atoms with Crippen LogP contribution in [0.2, 0.25) is 0 Å². The first-order valence-corrected chi connectivity index (χ1v) is 7.17. The first-order chi connectivity index (χ1) is 8.95. The van der Waals surface area contributed by atoms with E-state index >= 15 is 0 Å². The standard InChI is InChI=1S/C14H20BrNO3/c1-3-5-12(14(17)18)19-13-10(8-9(2)16)6-4-7-11(13)15/h4,6-7,9,12H,3,5,8,16H2,1-2H3,(H,17,18). The largest absolute Gasteiger partial charge is 0.479 e. The lowest BCUT2D eigenvalue weighted by atomic mass is 10.1. The number of carboxylic acid groups (broad SMARTS) is 1. The molecule has 0 aliphatic carbocycles. The van der Waals surface area contributed by atoms with E-state index in [9.17, 15) is 4.79 Å². The fourth-order valence-electron chi connectivity index (χ4n) is 1.83. The Labute approximate surface area is 122 Å². The average molecular weight is 330 g/mol. The maximum Gasteiger partial charge on any atom is 0.344 e. The molecule has 0 amide bonds. The summed E-state index contributed by atoms with van der Waals surface area (Å²) in [5.41, 5.74) is 6.73. The van der Waals surface area contributed by atoms with Crippen LogP contribution in [0.15, 0.2) is 22.7 Å². The lowest BCUT2D eigenvalue weighted by Crippen LogP contribution is -2.28. The maximum atomic E-state index is 11.2. The fraction of sp³-hybridized carbons (Fsp3) is 0.500. The molecule has 1 aromatic rings. The number of halogens is 1. The van der Waals surface area contributed by atoms with E-state index in [0.717, 1.165) is 16.5 Å². The highest BCUT2D eigenvalue weighted by atomic mass is 79.9. The highest BCUT2D eigenvalue weighted by Crippen LogP contribution is 2.31.